The number of hydrogen-bond acceptors (Lipinski definition) is 6. The Bertz CT molecular complexity index is 1060. The molecule has 1 saturated carbocycles. The van der Waals surface area contributed by atoms with Gasteiger partial charge >= 0.3 is 0 Å². The molecule has 2 aliphatic heterocycles. The fourth-order valence-corrected chi connectivity index (χ4v) is 6.14. The molecule has 11 nitrogen and oxygen atoms in total. The normalized spacial score (nSPS) is 27.2. The first-order chi connectivity index (χ1) is 17.8. The van der Waals surface area contributed by atoms with E-state index in [1.54, 1.807) is 0 Å². The number of fused-ring (bicyclic) bond motifs is 1. The number of piperidine rings is 1. The average Bonchev–Trinajstić information content (AvgIpc) is 3.14. The highest BCUT2D eigenvalue weighted by molar-refractivity contribution is 6.38. The number of Topliss-reactive ketones (excluding diaryl/α,β-unsaturated/α-hetero) is 1. The molecule has 0 radical (unpaired) electrons. The summed E-state index contributed by atoms with van der Waals surface area (Å²) in [7, 11) is 0. The van der Waals surface area contributed by atoms with E-state index in [2.05, 4.69) is 16.0 Å². The number of primary amides is 1. The van der Waals surface area contributed by atoms with E-state index in [1.165, 1.54) is 4.90 Å². The smallest absolute Gasteiger partial charge is 0.287 e. The Labute approximate surface area is 230 Å². The van der Waals surface area contributed by atoms with E-state index in [1.807, 2.05) is 55.4 Å². The molecule has 3 rings (SSSR count). The predicted molar refractivity (Wildman–Crippen MR) is 144 cm³/mol. The van der Waals surface area contributed by atoms with Crippen molar-refractivity contribution in [2.75, 3.05) is 13.1 Å². The van der Waals surface area contributed by atoms with Crippen LogP contribution in [0.15, 0.2) is 0 Å². The molecule has 11 heteroatoms. The van der Waals surface area contributed by atoms with Gasteiger partial charge in [-0.2, -0.15) is 0 Å². The fourth-order valence-electron chi connectivity index (χ4n) is 6.14. The Morgan fingerprint density at radius 1 is 1.08 bits per heavy atom. The second kappa shape index (κ2) is 10.5. The largest absolute Gasteiger partial charge is 0.363 e. The van der Waals surface area contributed by atoms with Crippen LogP contribution in [-0.2, 0) is 28.8 Å². The van der Waals surface area contributed by atoms with E-state index in [0.29, 0.717) is 19.5 Å². The van der Waals surface area contributed by atoms with Gasteiger partial charge in [0.1, 0.15) is 12.1 Å². The zero-order valence-corrected chi connectivity index (χ0v) is 24.5. The van der Waals surface area contributed by atoms with E-state index in [4.69, 9.17) is 5.73 Å². The quantitative estimate of drug-likeness (QED) is 0.307. The molecular formula is C28H45N5O6. The van der Waals surface area contributed by atoms with Gasteiger partial charge in [-0.25, -0.2) is 0 Å². The van der Waals surface area contributed by atoms with Gasteiger partial charge in [0.15, 0.2) is 0 Å². The first-order valence-electron chi connectivity index (χ1n) is 13.8. The third kappa shape index (κ3) is 6.61. The minimum absolute atomic E-state index is 0.0506. The van der Waals surface area contributed by atoms with Gasteiger partial charge in [-0.15, -0.1) is 0 Å². The Hall–Kier alpha value is -2.98. The molecule has 0 bridgehead atoms. The molecule has 0 aromatic heterocycles. The molecular weight excluding hydrogens is 502 g/mol. The molecule has 39 heavy (non-hydrogen) atoms. The highest BCUT2D eigenvalue weighted by Crippen LogP contribution is 2.65. The van der Waals surface area contributed by atoms with Crippen molar-refractivity contribution in [3.8, 4) is 0 Å². The van der Waals surface area contributed by atoms with Crippen molar-refractivity contribution in [2.45, 2.75) is 92.8 Å². The molecule has 3 aliphatic rings. The van der Waals surface area contributed by atoms with Crippen LogP contribution in [0.4, 0.5) is 0 Å². The van der Waals surface area contributed by atoms with Crippen LogP contribution in [0.2, 0.25) is 0 Å². The summed E-state index contributed by atoms with van der Waals surface area (Å²) in [5.74, 6) is -4.19. The molecule has 0 aromatic carbocycles. The van der Waals surface area contributed by atoms with Gasteiger partial charge in [-0.3, -0.25) is 28.8 Å². The van der Waals surface area contributed by atoms with Gasteiger partial charge in [-0.1, -0.05) is 55.4 Å². The number of carbonyl (C=O) groups excluding carboxylic acids is 6. The van der Waals surface area contributed by atoms with E-state index in [0.717, 1.165) is 0 Å². The monoisotopic (exact) mass is 547 g/mol. The highest BCUT2D eigenvalue weighted by Gasteiger charge is 2.70. The number of rotatable bonds is 9. The predicted octanol–water partition coefficient (Wildman–Crippen LogP) is 0.502. The van der Waals surface area contributed by atoms with Crippen molar-refractivity contribution < 1.29 is 28.8 Å². The molecule has 5 N–H and O–H groups in total. The maximum Gasteiger partial charge on any atom is 0.287 e. The second-order valence-electron chi connectivity index (χ2n) is 14.3. The van der Waals surface area contributed by atoms with Crippen LogP contribution in [0.1, 0.15) is 74.7 Å². The van der Waals surface area contributed by atoms with Gasteiger partial charge in [-0.05, 0) is 40.9 Å². The molecule has 0 aromatic rings. The molecule has 0 spiro atoms. The lowest BCUT2D eigenvalue weighted by molar-refractivity contribution is -0.146. The zero-order valence-electron chi connectivity index (χ0n) is 24.5. The van der Waals surface area contributed by atoms with Crippen molar-refractivity contribution in [1.29, 1.82) is 0 Å². The Morgan fingerprint density at radius 2 is 1.69 bits per heavy atom. The second-order valence-corrected chi connectivity index (χ2v) is 14.3. The minimum Gasteiger partial charge on any atom is -0.363 e. The first-order valence-corrected chi connectivity index (χ1v) is 13.8. The van der Waals surface area contributed by atoms with Crippen molar-refractivity contribution in [2.24, 2.45) is 39.7 Å². The number of nitrogens with one attached hydrogen (secondary N) is 3. The van der Waals surface area contributed by atoms with Gasteiger partial charge in [0.25, 0.3) is 5.91 Å². The minimum atomic E-state index is -1.27. The number of ketones is 1. The lowest BCUT2D eigenvalue weighted by atomic mass is 9.84. The lowest BCUT2D eigenvalue weighted by Gasteiger charge is -2.38. The fraction of sp³-hybridized carbons (Fsp3) is 0.786. The van der Waals surface area contributed by atoms with Crippen molar-refractivity contribution in [3.63, 3.8) is 0 Å². The summed E-state index contributed by atoms with van der Waals surface area (Å²) in [4.78, 5) is 78.6. The SMILES string of the molecule is CC(C)(C)CC(=O)NC(C(=O)N1C[C@H]2[C@@H]([C@H]1C(=O)N[C@@H](C[C@@H]1CCNC1=O)C(=O)C(N)=O)C2(C)C)C(C)(C)C. The van der Waals surface area contributed by atoms with Gasteiger partial charge in [0.05, 0.1) is 6.04 Å². The maximum absolute atomic E-state index is 14.0. The van der Waals surface area contributed by atoms with E-state index >= 15 is 0 Å². The van der Waals surface area contributed by atoms with E-state index < -0.39 is 47.1 Å². The highest BCUT2D eigenvalue weighted by atomic mass is 16.2. The van der Waals surface area contributed by atoms with Crippen LogP contribution >= 0.6 is 0 Å². The Morgan fingerprint density at radius 3 is 2.18 bits per heavy atom. The number of nitrogens with two attached hydrogens (primary N) is 1. The lowest BCUT2D eigenvalue weighted by Crippen LogP contribution is -2.60. The number of carbonyl (C=O) groups is 6. The summed E-state index contributed by atoms with van der Waals surface area (Å²) in [5.41, 5.74) is 4.17. The Kier molecular flexibility index (Phi) is 8.26. The van der Waals surface area contributed by atoms with Crippen LogP contribution in [-0.4, -0.2) is 71.4 Å². The number of hydrogen-bond donors (Lipinski definition) is 4. The van der Waals surface area contributed by atoms with E-state index in [-0.39, 0.29) is 53.2 Å². The average molecular weight is 548 g/mol. The van der Waals surface area contributed by atoms with Crippen molar-refractivity contribution in [3.05, 3.63) is 0 Å². The summed E-state index contributed by atoms with van der Waals surface area (Å²) < 4.78 is 0. The van der Waals surface area contributed by atoms with Gasteiger partial charge < -0.3 is 26.6 Å². The first kappa shape index (κ1) is 30.6. The van der Waals surface area contributed by atoms with Gasteiger partial charge in [0.2, 0.25) is 29.4 Å². The van der Waals surface area contributed by atoms with Crippen LogP contribution < -0.4 is 21.7 Å². The Balaban J connectivity index is 1.86. The van der Waals surface area contributed by atoms with Crippen LogP contribution in [0.3, 0.4) is 0 Å². The number of nitrogens with zero attached hydrogens (tertiary/aromatic N) is 1. The molecule has 2 heterocycles. The number of amides is 5. The summed E-state index contributed by atoms with van der Waals surface area (Å²) >= 11 is 0. The number of likely N-dealkylation sites (tertiary alicyclic amines) is 1. The topological polar surface area (TPSA) is 168 Å². The standard InChI is InChI=1S/C28H45N5O6/c1-26(2,3)12-17(34)32-21(27(4,5)6)25(39)33-13-15-18(28(15,7)8)19(33)24(38)31-16(20(35)22(29)36)11-14-9-10-30-23(14)37/h14-16,18-19,21H,9-13H2,1-8H3,(H2,29,36)(H,30,37)(H,31,38)(H,32,34)/t14-,15-,16-,18-,19-,21?/m0/s1. The molecule has 2 saturated heterocycles. The molecule has 5 amide bonds. The van der Waals surface area contributed by atoms with Crippen molar-refractivity contribution >= 4 is 35.3 Å². The summed E-state index contributed by atoms with van der Waals surface area (Å²) in [6.07, 6.45) is 0.663. The molecule has 218 valence electrons. The summed E-state index contributed by atoms with van der Waals surface area (Å²) in [6.45, 7) is 16.3. The summed E-state index contributed by atoms with van der Waals surface area (Å²) in [6, 6.07) is -3.03. The third-order valence-corrected chi connectivity index (χ3v) is 8.43. The van der Waals surface area contributed by atoms with Gasteiger partial charge in [0, 0.05) is 25.4 Å². The molecule has 1 unspecified atom stereocenters. The molecule has 6 atom stereocenters. The van der Waals surface area contributed by atoms with E-state index in [9.17, 15) is 28.8 Å². The third-order valence-electron chi connectivity index (χ3n) is 8.43. The molecule has 1 aliphatic carbocycles. The summed E-state index contributed by atoms with van der Waals surface area (Å²) in [5, 5.41) is 8.26. The van der Waals surface area contributed by atoms with Crippen LogP contribution in [0.5, 0.6) is 0 Å². The molecule has 3 fully saturated rings. The van der Waals surface area contributed by atoms with Crippen LogP contribution in [0, 0.1) is 34.0 Å². The zero-order chi connectivity index (χ0) is 29.7. The van der Waals surface area contributed by atoms with Crippen LogP contribution in [0.25, 0.3) is 0 Å². The van der Waals surface area contributed by atoms with Crippen molar-refractivity contribution in [1.82, 2.24) is 20.9 Å². The maximum atomic E-state index is 14.0.